The number of ether oxygens (including phenoxy) is 2. The van der Waals surface area contributed by atoms with Gasteiger partial charge in [-0.05, 0) is 18.2 Å². The standard InChI is InChI=1S/C10H12O4/c1-13-9-2-3-10(14-5-4-11)8(6-9)7-12/h2-3,6-7,11H,4-5H2,1H3. The molecule has 1 rings (SSSR count). The summed E-state index contributed by atoms with van der Waals surface area (Å²) in [5.41, 5.74) is 0.415. The first-order chi connectivity index (χ1) is 6.81. The Hall–Kier alpha value is -1.55. The van der Waals surface area contributed by atoms with Crippen LogP contribution in [0.1, 0.15) is 10.4 Å². The summed E-state index contributed by atoms with van der Waals surface area (Å²) >= 11 is 0. The molecule has 0 unspecified atom stereocenters. The lowest BCUT2D eigenvalue weighted by atomic mass is 10.2. The molecular formula is C10H12O4. The van der Waals surface area contributed by atoms with Crippen LogP contribution in [0.5, 0.6) is 11.5 Å². The van der Waals surface area contributed by atoms with Gasteiger partial charge in [0.1, 0.15) is 18.1 Å². The van der Waals surface area contributed by atoms with Crippen molar-refractivity contribution in [2.24, 2.45) is 0 Å². The van der Waals surface area contributed by atoms with Gasteiger partial charge in [-0.2, -0.15) is 0 Å². The van der Waals surface area contributed by atoms with Gasteiger partial charge < -0.3 is 14.6 Å². The van der Waals surface area contributed by atoms with E-state index < -0.39 is 0 Å². The van der Waals surface area contributed by atoms with Crippen LogP contribution in [0.2, 0.25) is 0 Å². The van der Waals surface area contributed by atoms with Crippen LogP contribution in [-0.4, -0.2) is 31.7 Å². The highest BCUT2D eigenvalue weighted by Crippen LogP contribution is 2.22. The molecule has 0 bridgehead atoms. The summed E-state index contributed by atoms with van der Waals surface area (Å²) in [7, 11) is 1.53. The van der Waals surface area contributed by atoms with Crippen LogP contribution in [0.15, 0.2) is 18.2 Å². The number of rotatable bonds is 5. The summed E-state index contributed by atoms with van der Waals surface area (Å²) in [6, 6.07) is 4.91. The molecule has 1 N–H and O–H groups in total. The quantitative estimate of drug-likeness (QED) is 0.710. The Balaban J connectivity index is 2.87. The smallest absolute Gasteiger partial charge is 0.153 e. The number of benzene rings is 1. The number of aliphatic hydroxyl groups excluding tert-OH is 1. The van der Waals surface area contributed by atoms with Crippen molar-refractivity contribution in [2.45, 2.75) is 0 Å². The number of aldehydes is 1. The minimum Gasteiger partial charge on any atom is -0.497 e. The maximum Gasteiger partial charge on any atom is 0.153 e. The zero-order valence-corrected chi connectivity index (χ0v) is 7.90. The summed E-state index contributed by atoms with van der Waals surface area (Å²) in [5.74, 6) is 1.05. The molecule has 14 heavy (non-hydrogen) atoms. The van der Waals surface area contributed by atoms with Crippen molar-refractivity contribution < 1.29 is 19.4 Å². The van der Waals surface area contributed by atoms with Crippen molar-refractivity contribution in [1.29, 1.82) is 0 Å². The first kappa shape index (κ1) is 10.5. The predicted octanol–water partition coefficient (Wildman–Crippen LogP) is 0.879. The highest BCUT2D eigenvalue weighted by molar-refractivity contribution is 5.80. The zero-order valence-electron chi connectivity index (χ0n) is 7.90. The van der Waals surface area contributed by atoms with Gasteiger partial charge in [-0.15, -0.1) is 0 Å². The number of aliphatic hydroxyl groups is 1. The van der Waals surface area contributed by atoms with E-state index in [1.54, 1.807) is 18.2 Å². The van der Waals surface area contributed by atoms with Crippen LogP contribution in [0.4, 0.5) is 0 Å². The van der Waals surface area contributed by atoms with Gasteiger partial charge in [0, 0.05) is 0 Å². The zero-order chi connectivity index (χ0) is 10.4. The second-order valence-electron chi connectivity index (χ2n) is 2.59. The molecule has 0 aliphatic heterocycles. The maximum atomic E-state index is 10.7. The van der Waals surface area contributed by atoms with E-state index in [1.807, 2.05) is 0 Å². The van der Waals surface area contributed by atoms with Crippen LogP contribution in [-0.2, 0) is 0 Å². The second kappa shape index (κ2) is 5.24. The Morgan fingerprint density at radius 2 is 2.29 bits per heavy atom. The van der Waals surface area contributed by atoms with Gasteiger partial charge in [0.15, 0.2) is 6.29 Å². The van der Waals surface area contributed by atoms with Gasteiger partial charge in [-0.1, -0.05) is 0 Å². The van der Waals surface area contributed by atoms with E-state index in [1.165, 1.54) is 7.11 Å². The fourth-order valence-corrected chi connectivity index (χ4v) is 1.03. The summed E-state index contributed by atoms with van der Waals surface area (Å²) < 4.78 is 10.1. The Kier molecular flexibility index (Phi) is 3.94. The number of hydrogen-bond acceptors (Lipinski definition) is 4. The fourth-order valence-electron chi connectivity index (χ4n) is 1.03. The third-order valence-corrected chi connectivity index (χ3v) is 1.69. The molecule has 0 atom stereocenters. The normalized spacial score (nSPS) is 9.57. The molecule has 0 amide bonds. The SMILES string of the molecule is COc1ccc(OCCO)c(C=O)c1. The fraction of sp³-hybridized carbons (Fsp3) is 0.300. The van der Waals surface area contributed by atoms with Gasteiger partial charge >= 0.3 is 0 Å². The Morgan fingerprint density at radius 3 is 2.86 bits per heavy atom. The molecule has 0 aliphatic carbocycles. The largest absolute Gasteiger partial charge is 0.497 e. The van der Waals surface area contributed by atoms with E-state index >= 15 is 0 Å². The predicted molar refractivity (Wildman–Crippen MR) is 51.0 cm³/mol. The van der Waals surface area contributed by atoms with Crippen LogP contribution in [0.25, 0.3) is 0 Å². The van der Waals surface area contributed by atoms with Gasteiger partial charge in [0.05, 0.1) is 19.3 Å². The first-order valence-corrected chi connectivity index (χ1v) is 4.18. The first-order valence-electron chi connectivity index (χ1n) is 4.18. The lowest BCUT2D eigenvalue weighted by molar-refractivity contribution is 0.111. The summed E-state index contributed by atoms with van der Waals surface area (Å²) in [5, 5.41) is 8.55. The average molecular weight is 196 g/mol. The van der Waals surface area contributed by atoms with Crippen LogP contribution >= 0.6 is 0 Å². The molecular weight excluding hydrogens is 184 g/mol. The molecule has 0 saturated carbocycles. The second-order valence-corrected chi connectivity index (χ2v) is 2.59. The van der Waals surface area contributed by atoms with E-state index in [0.717, 1.165) is 0 Å². The number of methoxy groups -OCH3 is 1. The van der Waals surface area contributed by atoms with Gasteiger partial charge in [-0.25, -0.2) is 0 Å². The molecule has 0 radical (unpaired) electrons. The van der Waals surface area contributed by atoms with Crippen molar-refractivity contribution in [1.82, 2.24) is 0 Å². The van der Waals surface area contributed by atoms with E-state index in [9.17, 15) is 4.79 Å². The molecule has 0 aliphatic rings. The lowest BCUT2D eigenvalue weighted by Gasteiger charge is -2.07. The minimum atomic E-state index is -0.0790. The Bertz CT molecular complexity index is 309. The summed E-state index contributed by atoms with van der Waals surface area (Å²) in [4.78, 5) is 10.7. The molecule has 1 aromatic carbocycles. The Labute approximate surface area is 82.1 Å². The van der Waals surface area contributed by atoms with Crippen LogP contribution in [0, 0.1) is 0 Å². The molecule has 0 spiro atoms. The van der Waals surface area contributed by atoms with E-state index in [4.69, 9.17) is 14.6 Å². The van der Waals surface area contributed by atoms with E-state index in [2.05, 4.69) is 0 Å². The van der Waals surface area contributed by atoms with Crippen LogP contribution < -0.4 is 9.47 Å². The number of carbonyl (C=O) groups excluding carboxylic acids is 1. The minimum absolute atomic E-state index is 0.0790. The van der Waals surface area contributed by atoms with Crippen molar-refractivity contribution in [3.05, 3.63) is 23.8 Å². The molecule has 0 heterocycles. The van der Waals surface area contributed by atoms with Crippen molar-refractivity contribution >= 4 is 6.29 Å². The highest BCUT2D eigenvalue weighted by Gasteiger charge is 2.04. The van der Waals surface area contributed by atoms with E-state index in [-0.39, 0.29) is 13.2 Å². The lowest BCUT2D eigenvalue weighted by Crippen LogP contribution is -2.03. The summed E-state index contributed by atoms with van der Waals surface area (Å²) in [6.07, 6.45) is 0.690. The number of hydrogen-bond donors (Lipinski definition) is 1. The third kappa shape index (κ3) is 2.47. The van der Waals surface area contributed by atoms with Gasteiger partial charge in [0.25, 0.3) is 0 Å². The molecule has 0 saturated heterocycles. The molecule has 4 nitrogen and oxygen atoms in total. The Morgan fingerprint density at radius 1 is 1.50 bits per heavy atom. The highest BCUT2D eigenvalue weighted by atomic mass is 16.5. The van der Waals surface area contributed by atoms with Crippen molar-refractivity contribution in [3.63, 3.8) is 0 Å². The van der Waals surface area contributed by atoms with Crippen molar-refractivity contribution in [2.75, 3.05) is 20.3 Å². The average Bonchev–Trinajstić information content (AvgIpc) is 2.26. The third-order valence-electron chi connectivity index (χ3n) is 1.69. The maximum absolute atomic E-state index is 10.7. The monoisotopic (exact) mass is 196 g/mol. The van der Waals surface area contributed by atoms with Crippen LogP contribution in [0.3, 0.4) is 0 Å². The number of carbonyl (C=O) groups is 1. The topological polar surface area (TPSA) is 55.8 Å². The van der Waals surface area contributed by atoms with E-state index in [0.29, 0.717) is 23.3 Å². The molecule has 76 valence electrons. The molecule has 4 heteroatoms. The molecule has 1 aromatic rings. The van der Waals surface area contributed by atoms with Gasteiger partial charge in [0.2, 0.25) is 0 Å². The molecule has 0 fully saturated rings. The molecule has 0 aromatic heterocycles. The van der Waals surface area contributed by atoms with Crippen molar-refractivity contribution in [3.8, 4) is 11.5 Å². The summed E-state index contributed by atoms with van der Waals surface area (Å²) in [6.45, 7) is 0.0947. The van der Waals surface area contributed by atoms with Gasteiger partial charge in [-0.3, -0.25) is 4.79 Å².